The Morgan fingerprint density at radius 1 is 1.23 bits per heavy atom. The molecular formula is C21H23N3O5S. The SMILES string of the molecule is CCOC(=O)c1cccc(N(CC)Cc2nc3sc(C(=O)OC)c(C)c3c(=O)[nH]2)c1. The number of benzene rings is 1. The van der Waals surface area contributed by atoms with Crippen LogP contribution in [0.5, 0.6) is 0 Å². The van der Waals surface area contributed by atoms with Crippen LogP contribution in [-0.2, 0) is 16.0 Å². The van der Waals surface area contributed by atoms with Crippen LogP contribution in [0.3, 0.4) is 0 Å². The van der Waals surface area contributed by atoms with Crippen molar-refractivity contribution < 1.29 is 19.1 Å². The Kier molecular flexibility index (Phi) is 6.51. The molecular weight excluding hydrogens is 406 g/mol. The molecule has 0 fully saturated rings. The normalized spacial score (nSPS) is 10.8. The fraction of sp³-hybridized carbons (Fsp3) is 0.333. The molecule has 0 saturated carbocycles. The van der Waals surface area contributed by atoms with Gasteiger partial charge in [-0.15, -0.1) is 11.3 Å². The number of methoxy groups -OCH3 is 1. The number of fused-ring (bicyclic) bond motifs is 1. The van der Waals surface area contributed by atoms with Crippen molar-refractivity contribution in [2.45, 2.75) is 27.3 Å². The molecule has 0 aliphatic rings. The molecule has 1 N–H and O–H groups in total. The molecule has 30 heavy (non-hydrogen) atoms. The lowest BCUT2D eigenvalue weighted by Crippen LogP contribution is -2.25. The molecule has 3 aromatic rings. The Bertz CT molecular complexity index is 1150. The number of thiophene rings is 1. The number of carbonyl (C=O) groups excluding carboxylic acids is 2. The highest BCUT2D eigenvalue weighted by atomic mass is 32.1. The standard InChI is InChI=1S/C21H23N3O5S/c1-5-24(14-9-7-8-13(10-14)20(26)29-6-2)11-15-22-18(25)16-12(3)17(21(27)28-4)30-19(16)23-15/h7-10H,5-6,11H2,1-4H3,(H,22,23,25). The summed E-state index contributed by atoms with van der Waals surface area (Å²) in [6.45, 7) is 6.71. The molecule has 0 spiro atoms. The highest BCUT2D eigenvalue weighted by Gasteiger charge is 2.20. The van der Waals surface area contributed by atoms with E-state index in [1.807, 2.05) is 17.9 Å². The highest BCUT2D eigenvalue weighted by molar-refractivity contribution is 7.20. The maximum absolute atomic E-state index is 12.6. The van der Waals surface area contributed by atoms with E-state index < -0.39 is 5.97 Å². The van der Waals surface area contributed by atoms with E-state index in [1.165, 1.54) is 7.11 Å². The molecule has 8 nitrogen and oxygen atoms in total. The Labute approximate surface area is 177 Å². The third-order valence-electron chi connectivity index (χ3n) is 4.67. The molecule has 0 amide bonds. The molecule has 0 saturated heterocycles. The summed E-state index contributed by atoms with van der Waals surface area (Å²) in [4.78, 5) is 46.8. The number of aryl methyl sites for hydroxylation is 1. The molecule has 3 rings (SSSR count). The fourth-order valence-corrected chi connectivity index (χ4v) is 4.28. The van der Waals surface area contributed by atoms with Crippen LogP contribution in [0.1, 0.15) is 45.3 Å². The highest BCUT2D eigenvalue weighted by Crippen LogP contribution is 2.28. The lowest BCUT2D eigenvalue weighted by Gasteiger charge is -2.23. The van der Waals surface area contributed by atoms with E-state index >= 15 is 0 Å². The second-order valence-electron chi connectivity index (χ2n) is 6.53. The number of esters is 2. The number of rotatable bonds is 7. The van der Waals surface area contributed by atoms with Crippen LogP contribution in [0.25, 0.3) is 10.2 Å². The van der Waals surface area contributed by atoms with Gasteiger partial charge >= 0.3 is 11.9 Å². The van der Waals surface area contributed by atoms with Gasteiger partial charge in [-0.2, -0.15) is 0 Å². The van der Waals surface area contributed by atoms with Crippen molar-refractivity contribution in [3.63, 3.8) is 0 Å². The van der Waals surface area contributed by atoms with Crippen molar-refractivity contribution >= 4 is 39.2 Å². The van der Waals surface area contributed by atoms with Crippen LogP contribution in [0.2, 0.25) is 0 Å². The van der Waals surface area contributed by atoms with E-state index in [2.05, 4.69) is 9.97 Å². The number of carbonyl (C=O) groups is 2. The molecule has 158 valence electrons. The van der Waals surface area contributed by atoms with Gasteiger partial charge in [0.2, 0.25) is 0 Å². The molecule has 0 atom stereocenters. The number of hydrogen-bond donors (Lipinski definition) is 1. The zero-order chi connectivity index (χ0) is 21.8. The number of aromatic amines is 1. The van der Waals surface area contributed by atoms with Gasteiger partial charge < -0.3 is 19.4 Å². The molecule has 2 heterocycles. The van der Waals surface area contributed by atoms with Gasteiger partial charge in [-0.1, -0.05) is 6.07 Å². The Balaban J connectivity index is 1.94. The summed E-state index contributed by atoms with van der Waals surface area (Å²) in [7, 11) is 1.30. The van der Waals surface area contributed by atoms with Gasteiger partial charge in [0.1, 0.15) is 15.5 Å². The lowest BCUT2D eigenvalue weighted by atomic mass is 10.2. The first-order valence-electron chi connectivity index (χ1n) is 9.52. The zero-order valence-corrected chi connectivity index (χ0v) is 18.1. The van der Waals surface area contributed by atoms with Gasteiger partial charge in [-0.05, 0) is 44.5 Å². The summed E-state index contributed by atoms with van der Waals surface area (Å²) in [5.41, 5.74) is 1.54. The number of nitrogens with one attached hydrogen (secondary N) is 1. The topological polar surface area (TPSA) is 102 Å². The summed E-state index contributed by atoms with van der Waals surface area (Å²) in [6, 6.07) is 7.12. The van der Waals surface area contributed by atoms with Crippen LogP contribution in [-0.4, -0.2) is 42.2 Å². The van der Waals surface area contributed by atoms with Crippen molar-refractivity contribution in [1.82, 2.24) is 9.97 Å². The van der Waals surface area contributed by atoms with E-state index in [-0.39, 0.29) is 11.5 Å². The van der Waals surface area contributed by atoms with Crippen LogP contribution in [0.4, 0.5) is 5.69 Å². The van der Waals surface area contributed by atoms with Crippen LogP contribution >= 0.6 is 11.3 Å². The molecule has 0 radical (unpaired) electrons. The lowest BCUT2D eigenvalue weighted by molar-refractivity contribution is 0.0525. The van der Waals surface area contributed by atoms with E-state index in [9.17, 15) is 14.4 Å². The third kappa shape index (κ3) is 4.20. The summed E-state index contributed by atoms with van der Waals surface area (Å²) < 4.78 is 9.86. The second-order valence-corrected chi connectivity index (χ2v) is 7.52. The van der Waals surface area contributed by atoms with Crippen molar-refractivity contribution in [3.8, 4) is 0 Å². The van der Waals surface area contributed by atoms with Crippen LogP contribution in [0.15, 0.2) is 29.1 Å². The molecule has 0 unspecified atom stereocenters. The van der Waals surface area contributed by atoms with E-state index in [4.69, 9.17) is 9.47 Å². The number of aromatic nitrogens is 2. The van der Waals surface area contributed by atoms with Gasteiger partial charge in [-0.3, -0.25) is 4.79 Å². The maximum atomic E-state index is 12.6. The first-order valence-corrected chi connectivity index (χ1v) is 10.3. The molecule has 9 heteroatoms. The Hall–Kier alpha value is -3.20. The third-order valence-corrected chi connectivity index (χ3v) is 5.83. The minimum Gasteiger partial charge on any atom is -0.465 e. The largest absolute Gasteiger partial charge is 0.465 e. The molecule has 0 aliphatic carbocycles. The first kappa shape index (κ1) is 21.5. The number of ether oxygens (including phenoxy) is 2. The van der Waals surface area contributed by atoms with Gasteiger partial charge in [-0.25, -0.2) is 14.6 Å². The quantitative estimate of drug-likeness (QED) is 0.575. The summed E-state index contributed by atoms with van der Waals surface area (Å²) in [5.74, 6) is -0.399. The summed E-state index contributed by atoms with van der Waals surface area (Å²) >= 11 is 1.14. The first-order chi connectivity index (χ1) is 14.4. The Morgan fingerprint density at radius 3 is 2.67 bits per heavy atom. The monoisotopic (exact) mass is 429 g/mol. The Morgan fingerprint density at radius 2 is 2.00 bits per heavy atom. The predicted molar refractivity (Wildman–Crippen MR) is 115 cm³/mol. The maximum Gasteiger partial charge on any atom is 0.348 e. The minimum atomic E-state index is -0.484. The van der Waals surface area contributed by atoms with Crippen LogP contribution < -0.4 is 10.5 Å². The number of nitrogens with zero attached hydrogens (tertiary/aromatic N) is 2. The van der Waals surface area contributed by atoms with Gasteiger partial charge in [0, 0.05) is 12.2 Å². The zero-order valence-electron chi connectivity index (χ0n) is 17.3. The van der Waals surface area contributed by atoms with E-state index in [1.54, 1.807) is 32.0 Å². The van der Waals surface area contributed by atoms with Crippen molar-refractivity contribution in [2.24, 2.45) is 0 Å². The number of H-pyrrole nitrogens is 1. The second kappa shape index (κ2) is 9.08. The van der Waals surface area contributed by atoms with Crippen molar-refractivity contribution in [1.29, 1.82) is 0 Å². The molecule has 0 bridgehead atoms. The fourth-order valence-electron chi connectivity index (χ4n) is 3.16. The molecule has 2 aromatic heterocycles. The number of anilines is 1. The van der Waals surface area contributed by atoms with Crippen molar-refractivity contribution in [3.05, 3.63) is 56.4 Å². The van der Waals surface area contributed by atoms with E-state index in [0.717, 1.165) is 17.0 Å². The summed E-state index contributed by atoms with van der Waals surface area (Å²) in [6.07, 6.45) is 0. The molecule has 0 aliphatic heterocycles. The average molecular weight is 429 g/mol. The summed E-state index contributed by atoms with van der Waals surface area (Å²) in [5, 5.41) is 0.400. The van der Waals surface area contributed by atoms with Gasteiger partial charge in [0.05, 0.1) is 31.2 Å². The smallest absolute Gasteiger partial charge is 0.348 e. The van der Waals surface area contributed by atoms with Gasteiger partial charge in [0.15, 0.2) is 0 Å². The van der Waals surface area contributed by atoms with E-state index in [0.29, 0.717) is 51.7 Å². The van der Waals surface area contributed by atoms with Crippen molar-refractivity contribution in [2.75, 3.05) is 25.2 Å². The van der Waals surface area contributed by atoms with Crippen LogP contribution in [0, 0.1) is 6.92 Å². The minimum absolute atomic E-state index is 0.296. The number of hydrogen-bond acceptors (Lipinski definition) is 8. The van der Waals surface area contributed by atoms with Gasteiger partial charge in [0.25, 0.3) is 5.56 Å². The average Bonchev–Trinajstić information content (AvgIpc) is 3.08. The predicted octanol–water partition coefficient (Wildman–Crippen LogP) is 3.28. The molecule has 1 aromatic carbocycles.